The Labute approximate surface area is 150 Å². The molecule has 1 saturated heterocycles. The molecule has 6 nitrogen and oxygen atoms in total. The lowest BCUT2D eigenvalue weighted by molar-refractivity contribution is 0.0943. The molecular weight excluding hydrogens is 330 g/mol. The van der Waals surface area contributed by atoms with Crippen LogP contribution in [0.15, 0.2) is 24.3 Å². The van der Waals surface area contributed by atoms with Gasteiger partial charge in [0.2, 0.25) is 0 Å². The molecule has 0 atom stereocenters. The number of benzene rings is 1. The fourth-order valence-electron chi connectivity index (χ4n) is 2.55. The van der Waals surface area contributed by atoms with Crippen molar-refractivity contribution in [3.05, 3.63) is 29.8 Å². The minimum Gasteiger partial charge on any atom is -0.490 e. The van der Waals surface area contributed by atoms with Crippen LogP contribution < -0.4 is 15.4 Å². The van der Waals surface area contributed by atoms with E-state index >= 15 is 0 Å². The van der Waals surface area contributed by atoms with E-state index < -0.39 is 0 Å². The van der Waals surface area contributed by atoms with Crippen molar-refractivity contribution in [2.45, 2.75) is 6.42 Å². The van der Waals surface area contributed by atoms with E-state index in [-0.39, 0.29) is 18.3 Å². The van der Waals surface area contributed by atoms with Gasteiger partial charge in [0.25, 0.3) is 5.91 Å². The third-order valence-corrected chi connectivity index (χ3v) is 3.82. The number of para-hydroxylation sites is 1. The second-order valence-corrected chi connectivity index (χ2v) is 5.54. The van der Waals surface area contributed by atoms with Gasteiger partial charge in [0.1, 0.15) is 12.4 Å². The van der Waals surface area contributed by atoms with Crippen LogP contribution in [0.1, 0.15) is 16.8 Å². The molecule has 2 N–H and O–H groups in total. The second kappa shape index (κ2) is 12.1. The average Bonchev–Trinajstić information content (AvgIpc) is 2.60. The van der Waals surface area contributed by atoms with Gasteiger partial charge in [-0.2, -0.15) is 0 Å². The van der Waals surface area contributed by atoms with Crippen LogP contribution in [0.3, 0.4) is 0 Å². The number of rotatable bonds is 9. The van der Waals surface area contributed by atoms with E-state index in [1.54, 1.807) is 13.2 Å². The first kappa shape index (κ1) is 20.7. The summed E-state index contributed by atoms with van der Waals surface area (Å²) >= 11 is 0. The lowest BCUT2D eigenvalue weighted by Crippen LogP contribution is -2.44. The molecule has 1 heterocycles. The van der Waals surface area contributed by atoms with E-state index in [9.17, 15) is 4.79 Å². The molecule has 1 aromatic rings. The van der Waals surface area contributed by atoms with Crippen LogP contribution in [0.25, 0.3) is 0 Å². The lowest BCUT2D eigenvalue weighted by atomic mass is 10.2. The highest BCUT2D eigenvalue weighted by Gasteiger charge is 2.12. The maximum Gasteiger partial charge on any atom is 0.255 e. The zero-order valence-corrected chi connectivity index (χ0v) is 15.1. The molecule has 1 fully saturated rings. The number of nitrogens with one attached hydrogen (secondary N) is 2. The summed E-state index contributed by atoms with van der Waals surface area (Å²) in [4.78, 5) is 14.7. The van der Waals surface area contributed by atoms with Gasteiger partial charge in [-0.05, 0) is 25.1 Å². The summed E-state index contributed by atoms with van der Waals surface area (Å²) in [7, 11) is 1.63. The van der Waals surface area contributed by atoms with Crippen molar-refractivity contribution in [1.82, 2.24) is 15.5 Å². The zero-order chi connectivity index (χ0) is 16.3. The average molecular weight is 358 g/mol. The van der Waals surface area contributed by atoms with Crippen molar-refractivity contribution >= 4 is 18.3 Å². The molecule has 0 bridgehead atoms. The van der Waals surface area contributed by atoms with Crippen molar-refractivity contribution in [2.75, 3.05) is 59.6 Å². The number of hydrogen-bond donors (Lipinski definition) is 2. The van der Waals surface area contributed by atoms with Crippen molar-refractivity contribution in [3.63, 3.8) is 0 Å². The number of ether oxygens (including phenoxy) is 2. The first-order valence-electron chi connectivity index (χ1n) is 8.23. The van der Waals surface area contributed by atoms with Crippen LogP contribution in [0, 0.1) is 0 Å². The van der Waals surface area contributed by atoms with Crippen LogP contribution in [0.5, 0.6) is 5.75 Å². The molecule has 0 radical (unpaired) electrons. The summed E-state index contributed by atoms with van der Waals surface area (Å²) in [6, 6.07) is 7.31. The number of halogens is 1. The molecule has 1 aliphatic heterocycles. The van der Waals surface area contributed by atoms with E-state index in [0.717, 1.165) is 39.1 Å². The lowest BCUT2D eigenvalue weighted by Gasteiger charge is -2.27. The van der Waals surface area contributed by atoms with Crippen LogP contribution in [-0.2, 0) is 4.74 Å². The Morgan fingerprint density at radius 3 is 2.75 bits per heavy atom. The summed E-state index contributed by atoms with van der Waals surface area (Å²) in [6.45, 7) is 6.92. The number of carbonyl (C=O) groups excluding carboxylic acids is 1. The largest absolute Gasteiger partial charge is 0.490 e. The van der Waals surface area contributed by atoms with Crippen LogP contribution in [0.2, 0.25) is 0 Å². The third kappa shape index (κ3) is 7.05. The number of carbonyl (C=O) groups is 1. The highest BCUT2D eigenvalue weighted by Crippen LogP contribution is 2.17. The molecule has 1 aliphatic rings. The Kier molecular flexibility index (Phi) is 10.4. The molecule has 0 spiro atoms. The van der Waals surface area contributed by atoms with Gasteiger partial charge in [0.15, 0.2) is 0 Å². The predicted octanol–water partition coefficient (Wildman–Crippen LogP) is 1.16. The van der Waals surface area contributed by atoms with Crippen LogP contribution >= 0.6 is 12.4 Å². The van der Waals surface area contributed by atoms with Gasteiger partial charge in [-0.1, -0.05) is 12.1 Å². The van der Waals surface area contributed by atoms with Gasteiger partial charge in [-0.15, -0.1) is 12.4 Å². The monoisotopic (exact) mass is 357 g/mol. The van der Waals surface area contributed by atoms with Crippen molar-refractivity contribution in [1.29, 1.82) is 0 Å². The maximum absolute atomic E-state index is 12.3. The predicted molar refractivity (Wildman–Crippen MR) is 97.3 cm³/mol. The normalized spacial score (nSPS) is 14.7. The SMILES string of the molecule is COCCOc1ccccc1C(=O)NCCCN1CCNCC1.Cl. The maximum atomic E-state index is 12.3. The number of hydrogen-bond acceptors (Lipinski definition) is 5. The van der Waals surface area contributed by atoms with Gasteiger partial charge in [0, 0.05) is 39.8 Å². The fraction of sp³-hybridized carbons (Fsp3) is 0.588. The standard InChI is InChI=1S/C17H27N3O3.ClH/c1-22-13-14-23-16-6-3-2-5-15(16)17(21)19-7-4-10-20-11-8-18-9-12-20;/h2-3,5-6,18H,4,7-14H2,1H3,(H,19,21);1H. The van der Waals surface area contributed by atoms with E-state index in [2.05, 4.69) is 15.5 Å². The van der Waals surface area contributed by atoms with Crippen molar-refractivity contribution in [2.24, 2.45) is 0 Å². The number of piperazine rings is 1. The van der Waals surface area contributed by atoms with Gasteiger partial charge in [-0.25, -0.2) is 0 Å². The van der Waals surface area contributed by atoms with E-state index in [1.165, 1.54) is 0 Å². The Morgan fingerprint density at radius 1 is 1.25 bits per heavy atom. The van der Waals surface area contributed by atoms with Crippen LogP contribution in [0.4, 0.5) is 0 Å². The Balaban J connectivity index is 0.00000288. The van der Waals surface area contributed by atoms with E-state index in [1.807, 2.05) is 18.2 Å². The fourth-order valence-corrected chi connectivity index (χ4v) is 2.55. The zero-order valence-electron chi connectivity index (χ0n) is 14.3. The van der Waals surface area contributed by atoms with Crippen molar-refractivity contribution < 1.29 is 14.3 Å². The molecule has 1 amide bonds. The van der Waals surface area contributed by atoms with Gasteiger partial charge in [0.05, 0.1) is 12.2 Å². The van der Waals surface area contributed by atoms with Crippen LogP contribution in [-0.4, -0.2) is 70.4 Å². The molecule has 24 heavy (non-hydrogen) atoms. The number of methoxy groups -OCH3 is 1. The molecule has 0 unspecified atom stereocenters. The molecule has 0 aromatic heterocycles. The van der Waals surface area contributed by atoms with E-state index in [4.69, 9.17) is 9.47 Å². The topological polar surface area (TPSA) is 62.8 Å². The van der Waals surface area contributed by atoms with Gasteiger partial charge in [-0.3, -0.25) is 4.79 Å². The quantitative estimate of drug-likeness (QED) is 0.649. The Hall–Kier alpha value is -1.34. The molecule has 7 heteroatoms. The molecule has 1 aromatic carbocycles. The molecule has 2 rings (SSSR count). The summed E-state index contributed by atoms with van der Waals surface area (Å²) < 4.78 is 10.6. The minimum atomic E-state index is -0.0849. The minimum absolute atomic E-state index is 0. The second-order valence-electron chi connectivity index (χ2n) is 5.54. The third-order valence-electron chi connectivity index (χ3n) is 3.82. The first-order valence-corrected chi connectivity index (χ1v) is 8.23. The Morgan fingerprint density at radius 2 is 2.00 bits per heavy atom. The van der Waals surface area contributed by atoms with Gasteiger partial charge < -0.3 is 25.0 Å². The summed E-state index contributed by atoms with van der Waals surface area (Å²) in [5.74, 6) is 0.516. The molecule has 0 aliphatic carbocycles. The highest BCUT2D eigenvalue weighted by molar-refractivity contribution is 5.96. The van der Waals surface area contributed by atoms with E-state index in [0.29, 0.717) is 31.1 Å². The van der Waals surface area contributed by atoms with Gasteiger partial charge >= 0.3 is 0 Å². The Bertz CT molecular complexity index is 482. The van der Waals surface area contributed by atoms with Crippen molar-refractivity contribution in [3.8, 4) is 5.75 Å². The molecule has 0 saturated carbocycles. The first-order chi connectivity index (χ1) is 11.3. The number of nitrogens with zero attached hydrogens (tertiary/aromatic N) is 1. The molecule has 136 valence electrons. The summed E-state index contributed by atoms with van der Waals surface area (Å²) in [5, 5.41) is 6.31. The number of amides is 1. The smallest absolute Gasteiger partial charge is 0.255 e. The summed E-state index contributed by atoms with van der Waals surface area (Å²) in [6.07, 6.45) is 0.957. The highest BCUT2D eigenvalue weighted by atomic mass is 35.5. The molecular formula is C17H28ClN3O3. The summed E-state index contributed by atoms with van der Waals surface area (Å²) in [5.41, 5.74) is 0.575.